The molecule has 0 bridgehead atoms. The fraction of sp³-hybridized carbons (Fsp3) is 0.115. The Bertz CT molecular complexity index is 1450. The summed E-state index contributed by atoms with van der Waals surface area (Å²) >= 11 is 7.91. The van der Waals surface area contributed by atoms with Gasteiger partial charge in [0.25, 0.3) is 0 Å². The molecular weight excluding hydrogens is 440 g/mol. The summed E-state index contributed by atoms with van der Waals surface area (Å²) in [4.78, 5) is 5.76. The molecule has 0 radical (unpaired) electrons. The zero-order valence-corrected chi connectivity index (χ0v) is 19.3. The van der Waals surface area contributed by atoms with Gasteiger partial charge in [0.05, 0.1) is 25.0 Å². The molecule has 5 aromatic rings. The standard InChI is InChI=1S/C26H21ClN2O2S/c1-17-11-12-20(14-21(17)27)28-26-29(15-19-8-4-5-9-23(19)30-2)22(16-32-26)25-13-18-7-3-6-10-24(18)31-25/h3-14,16H,15H2,1-2H3. The number of fused-ring (bicyclic) bond motifs is 1. The molecule has 0 spiro atoms. The van der Waals surface area contributed by atoms with Crippen molar-refractivity contribution in [2.75, 3.05) is 7.11 Å². The lowest BCUT2D eigenvalue weighted by molar-refractivity contribution is 0.408. The molecule has 0 saturated heterocycles. The van der Waals surface area contributed by atoms with Gasteiger partial charge in [0.1, 0.15) is 11.3 Å². The van der Waals surface area contributed by atoms with Crippen LogP contribution in [-0.4, -0.2) is 11.7 Å². The van der Waals surface area contributed by atoms with Crippen LogP contribution in [0.1, 0.15) is 11.1 Å². The van der Waals surface area contributed by atoms with Crippen molar-refractivity contribution in [1.82, 2.24) is 4.57 Å². The molecule has 3 aromatic carbocycles. The molecule has 0 saturated carbocycles. The van der Waals surface area contributed by atoms with Crippen molar-refractivity contribution in [1.29, 1.82) is 0 Å². The van der Waals surface area contributed by atoms with Crippen LogP contribution in [0.15, 0.2) is 87.6 Å². The molecule has 2 aromatic heterocycles. The number of hydrogen-bond acceptors (Lipinski definition) is 4. The van der Waals surface area contributed by atoms with E-state index >= 15 is 0 Å². The largest absolute Gasteiger partial charge is 0.496 e. The summed E-state index contributed by atoms with van der Waals surface area (Å²) in [5, 5.41) is 3.86. The maximum absolute atomic E-state index is 6.34. The van der Waals surface area contributed by atoms with E-state index in [0.717, 1.165) is 49.8 Å². The average molecular weight is 461 g/mol. The number of aromatic nitrogens is 1. The lowest BCUT2D eigenvalue weighted by Gasteiger charge is -2.11. The second-order valence-electron chi connectivity index (χ2n) is 7.50. The van der Waals surface area contributed by atoms with Gasteiger partial charge in [-0.15, -0.1) is 11.3 Å². The van der Waals surface area contributed by atoms with Gasteiger partial charge < -0.3 is 13.7 Å². The smallest absolute Gasteiger partial charge is 0.190 e. The Balaban J connectivity index is 1.68. The first-order valence-corrected chi connectivity index (χ1v) is 11.5. The van der Waals surface area contributed by atoms with Gasteiger partial charge in [-0.25, -0.2) is 4.99 Å². The minimum Gasteiger partial charge on any atom is -0.496 e. The van der Waals surface area contributed by atoms with Crippen LogP contribution < -0.4 is 9.54 Å². The number of methoxy groups -OCH3 is 1. The molecule has 0 aliphatic heterocycles. The van der Waals surface area contributed by atoms with Gasteiger partial charge in [0.2, 0.25) is 0 Å². The number of nitrogens with zero attached hydrogens (tertiary/aromatic N) is 2. The minimum atomic E-state index is 0.596. The molecule has 32 heavy (non-hydrogen) atoms. The molecule has 0 N–H and O–H groups in total. The zero-order valence-electron chi connectivity index (χ0n) is 17.7. The van der Waals surface area contributed by atoms with Crippen LogP contribution in [0.5, 0.6) is 5.75 Å². The third kappa shape index (κ3) is 3.97. The van der Waals surface area contributed by atoms with Crippen LogP contribution >= 0.6 is 22.9 Å². The molecule has 6 heteroatoms. The Morgan fingerprint density at radius 1 is 1.03 bits per heavy atom. The van der Waals surface area contributed by atoms with Crippen molar-refractivity contribution in [2.24, 2.45) is 4.99 Å². The molecule has 0 amide bonds. The van der Waals surface area contributed by atoms with Crippen LogP contribution in [0.3, 0.4) is 0 Å². The predicted molar refractivity (Wildman–Crippen MR) is 131 cm³/mol. The Hall–Kier alpha value is -3.28. The van der Waals surface area contributed by atoms with Gasteiger partial charge in [0, 0.05) is 21.4 Å². The Kier molecular flexibility index (Phi) is 5.60. The zero-order chi connectivity index (χ0) is 22.1. The van der Waals surface area contributed by atoms with Crippen molar-refractivity contribution in [3.8, 4) is 17.2 Å². The monoisotopic (exact) mass is 460 g/mol. The van der Waals surface area contributed by atoms with Crippen molar-refractivity contribution < 1.29 is 9.15 Å². The number of para-hydroxylation sites is 2. The van der Waals surface area contributed by atoms with Crippen LogP contribution in [-0.2, 0) is 6.54 Å². The molecule has 5 rings (SSSR count). The molecule has 0 aliphatic rings. The van der Waals surface area contributed by atoms with E-state index < -0.39 is 0 Å². The number of furan rings is 1. The summed E-state index contributed by atoms with van der Waals surface area (Å²) in [7, 11) is 1.69. The Morgan fingerprint density at radius 2 is 1.84 bits per heavy atom. The number of benzene rings is 3. The SMILES string of the molecule is COc1ccccc1Cn1c(-c2cc3ccccc3o2)csc1=Nc1ccc(C)c(Cl)c1. The Morgan fingerprint density at radius 3 is 2.66 bits per heavy atom. The van der Waals surface area contributed by atoms with Crippen molar-refractivity contribution in [2.45, 2.75) is 13.5 Å². The first kappa shape index (κ1) is 20.6. The third-order valence-corrected chi connectivity index (χ3v) is 6.65. The maximum atomic E-state index is 6.34. The van der Waals surface area contributed by atoms with E-state index in [9.17, 15) is 0 Å². The van der Waals surface area contributed by atoms with E-state index in [1.54, 1.807) is 18.4 Å². The van der Waals surface area contributed by atoms with Gasteiger partial charge in [-0.1, -0.05) is 54.1 Å². The number of halogens is 1. The minimum absolute atomic E-state index is 0.596. The van der Waals surface area contributed by atoms with Gasteiger partial charge in [0.15, 0.2) is 10.6 Å². The van der Waals surface area contributed by atoms with Crippen molar-refractivity contribution in [3.05, 3.63) is 99.1 Å². The Labute approximate surface area is 195 Å². The summed E-state index contributed by atoms with van der Waals surface area (Å²) in [6.07, 6.45) is 0. The second kappa shape index (κ2) is 8.69. The van der Waals surface area contributed by atoms with Crippen molar-refractivity contribution >= 4 is 39.6 Å². The van der Waals surface area contributed by atoms with E-state index in [1.165, 1.54) is 0 Å². The second-order valence-corrected chi connectivity index (χ2v) is 8.74. The van der Waals surface area contributed by atoms with E-state index in [1.807, 2.05) is 61.5 Å². The van der Waals surface area contributed by atoms with Crippen LogP contribution in [0.2, 0.25) is 5.02 Å². The number of rotatable bonds is 5. The summed E-state index contributed by atoms with van der Waals surface area (Å²) in [5.74, 6) is 1.65. The number of hydrogen-bond donors (Lipinski definition) is 0. The summed E-state index contributed by atoms with van der Waals surface area (Å²) in [5.41, 5.74) is 4.73. The summed E-state index contributed by atoms with van der Waals surface area (Å²) in [6.45, 7) is 2.58. The maximum Gasteiger partial charge on any atom is 0.190 e. The van der Waals surface area contributed by atoms with Crippen molar-refractivity contribution in [3.63, 3.8) is 0 Å². The van der Waals surface area contributed by atoms with E-state index in [-0.39, 0.29) is 0 Å². The fourth-order valence-corrected chi connectivity index (χ4v) is 4.73. The number of thiazole rings is 1. The van der Waals surface area contributed by atoms with Gasteiger partial charge in [-0.05, 0) is 42.8 Å². The quantitative estimate of drug-likeness (QED) is 0.278. The highest BCUT2D eigenvalue weighted by atomic mass is 35.5. The molecule has 4 nitrogen and oxygen atoms in total. The molecule has 0 atom stereocenters. The topological polar surface area (TPSA) is 39.7 Å². The highest BCUT2D eigenvalue weighted by molar-refractivity contribution is 7.07. The first-order chi connectivity index (χ1) is 15.6. The third-order valence-electron chi connectivity index (χ3n) is 5.38. The lowest BCUT2D eigenvalue weighted by Crippen LogP contribution is -2.17. The van der Waals surface area contributed by atoms with Gasteiger partial charge >= 0.3 is 0 Å². The average Bonchev–Trinajstić information content (AvgIpc) is 3.40. The normalized spacial score (nSPS) is 11.9. The summed E-state index contributed by atoms with van der Waals surface area (Å²) < 4.78 is 13.9. The fourth-order valence-electron chi connectivity index (χ4n) is 3.64. The van der Waals surface area contributed by atoms with E-state index in [2.05, 4.69) is 28.1 Å². The summed E-state index contributed by atoms with van der Waals surface area (Å²) in [6, 6.07) is 24.0. The van der Waals surface area contributed by atoms with Crippen LogP contribution in [0, 0.1) is 6.92 Å². The van der Waals surface area contributed by atoms with E-state index in [0.29, 0.717) is 11.6 Å². The lowest BCUT2D eigenvalue weighted by atomic mass is 10.2. The molecule has 2 heterocycles. The highest BCUT2D eigenvalue weighted by Crippen LogP contribution is 2.30. The van der Waals surface area contributed by atoms with E-state index in [4.69, 9.17) is 25.7 Å². The molecule has 0 unspecified atom stereocenters. The number of aryl methyl sites for hydroxylation is 1. The van der Waals surface area contributed by atoms with Crippen LogP contribution in [0.4, 0.5) is 5.69 Å². The number of ether oxygens (including phenoxy) is 1. The van der Waals surface area contributed by atoms with Gasteiger partial charge in [-0.2, -0.15) is 0 Å². The first-order valence-electron chi connectivity index (χ1n) is 10.2. The molecule has 160 valence electrons. The highest BCUT2D eigenvalue weighted by Gasteiger charge is 2.15. The van der Waals surface area contributed by atoms with Crippen LogP contribution in [0.25, 0.3) is 22.4 Å². The predicted octanol–water partition coefficient (Wildman–Crippen LogP) is 7.21. The molecular formula is C26H21ClN2O2S. The van der Waals surface area contributed by atoms with Gasteiger partial charge in [-0.3, -0.25) is 0 Å². The molecule has 0 fully saturated rings. The molecule has 0 aliphatic carbocycles.